The summed E-state index contributed by atoms with van der Waals surface area (Å²) in [5.74, 6) is -0.930. The molecule has 0 unspecified atom stereocenters. The number of hydrogen-bond donors (Lipinski definition) is 1. The Balaban J connectivity index is 1.53. The molecule has 1 N–H and O–H groups in total. The first-order valence-electron chi connectivity index (χ1n) is 10.7. The van der Waals surface area contributed by atoms with Crippen molar-refractivity contribution in [2.45, 2.75) is 32.1 Å². The van der Waals surface area contributed by atoms with Crippen LogP contribution in [-0.2, 0) is 14.8 Å². The number of para-hydroxylation sites is 1. The van der Waals surface area contributed by atoms with E-state index in [1.807, 2.05) is 4.90 Å². The van der Waals surface area contributed by atoms with Gasteiger partial charge in [0.15, 0.2) is 0 Å². The average Bonchev–Trinajstić information content (AvgIpc) is 2.77. The normalized spacial score (nSPS) is 14.1. The smallest absolute Gasteiger partial charge is 0.253 e. The molecule has 0 bridgehead atoms. The Labute approximate surface area is 188 Å². The fraction of sp³-hybridized carbons (Fsp3) is 0.391. The Bertz CT molecular complexity index is 1050. The lowest BCUT2D eigenvalue weighted by Crippen LogP contribution is -2.35. The van der Waals surface area contributed by atoms with Crippen LogP contribution in [0.3, 0.4) is 0 Å². The maximum absolute atomic E-state index is 14.0. The first kappa shape index (κ1) is 23.7. The lowest BCUT2D eigenvalue weighted by atomic mass is 10.1. The fourth-order valence-corrected chi connectivity index (χ4v) is 4.67. The highest BCUT2D eigenvalue weighted by molar-refractivity contribution is 7.92. The van der Waals surface area contributed by atoms with E-state index in [2.05, 4.69) is 5.32 Å². The Morgan fingerprint density at radius 2 is 1.69 bits per heavy atom. The second-order valence-electron chi connectivity index (χ2n) is 7.87. The Hall–Kier alpha value is -2.94. The van der Waals surface area contributed by atoms with E-state index in [0.29, 0.717) is 11.3 Å². The summed E-state index contributed by atoms with van der Waals surface area (Å²) in [5, 5.41) is 2.75. The molecule has 2 amide bonds. The minimum Gasteiger partial charge on any atom is -0.339 e. The zero-order valence-corrected chi connectivity index (χ0v) is 18.9. The largest absolute Gasteiger partial charge is 0.339 e. The van der Waals surface area contributed by atoms with E-state index in [9.17, 15) is 22.4 Å². The van der Waals surface area contributed by atoms with E-state index in [0.717, 1.165) is 42.9 Å². The van der Waals surface area contributed by atoms with E-state index in [-0.39, 0.29) is 36.9 Å². The van der Waals surface area contributed by atoms with E-state index in [1.54, 1.807) is 30.3 Å². The topological polar surface area (TPSA) is 86.8 Å². The molecule has 0 radical (unpaired) electrons. The van der Waals surface area contributed by atoms with Crippen LogP contribution in [-0.4, -0.2) is 51.0 Å². The molecule has 7 nitrogen and oxygen atoms in total. The van der Waals surface area contributed by atoms with Crippen LogP contribution in [0.2, 0.25) is 0 Å². The van der Waals surface area contributed by atoms with E-state index < -0.39 is 15.8 Å². The number of likely N-dealkylation sites (tertiary alicyclic amines) is 1. The first-order chi connectivity index (χ1) is 15.3. The van der Waals surface area contributed by atoms with Crippen molar-refractivity contribution < 1.29 is 22.4 Å². The van der Waals surface area contributed by atoms with Gasteiger partial charge in [-0.25, -0.2) is 12.8 Å². The highest BCUT2D eigenvalue weighted by Gasteiger charge is 2.21. The van der Waals surface area contributed by atoms with Crippen molar-refractivity contribution in [1.29, 1.82) is 0 Å². The van der Waals surface area contributed by atoms with Crippen LogP contribution in [0.15, 0.2) is 48.5 Å². The van der Waals surface area contributed by atoms with Crippen molar-refractivity contribution in [2.24, 2.45) is 0 Å². The van der Waals surface area contributed by atoms with Crippen LogP contribution in [0, 0.1) is 5.82 Å². The van der Waals surface area contributed by atoms with Gasteiger partial charge in [-0.2, -0.15) is 0 Å². The summed E-state index contributed by atoms with van der Waals surface area (Å²) >= 11 is 0. The third-order valence-electron chi connectivity index (χ3n) is 5.35. The second kappa shape index (κ2) is 10.6. The molecule has 0 saturated carbocycles. The van der Waals surface area contributed by atoms with Crippen LogP contribution in [0.25, 0.3) is 0 Å². The van der Waals surface area contributed by atoms with Crippen molar-refractivity contribution >= 4 is 33.2 Å². The van der Waals surface area contributed by atoms with Gasteiger partial charge in [-0.15, -0.1) is 0 Å². The van der Waals surface area contributed by atoms with Crippen molar-refractivity contribution in [1.82, 2.24) is 4.90 Å². The Morgan fingerprint density at radius 3 is 2.31 bits per heavy atom. The lowest BCUT2D eigenvalue weighted by Gasteiger charge is -2.26. The average molecular weight is 462 g/mol. The van der Waals surface area contributed by atoms with Gasteiger partial charge in [0, 0.05) is 37.3 Å². The van der Waals surface area contributed by atoms with Gasteiger partial charge in [-0.1, -0.05) is 12.1 Å². The number of hydrogen-bond acceptors (Lipinski definition) is 4. The number of halogens is 1. The number of benzene rings is 2. The Morgan fingerprint density at radius 1 is 1.03 bits per heavy atom. The van der Waals surface area contributed by atoms with E-state index in [1.165, 1.54) is 18.2 Å². The monoisotopic (exact) mass is 461 g/mol. The molecule has 2 aromatic rings. The molecular formula is C23H28FN3O4S. The van der Waals surface area contributed by atoms with Gasteiger partial charge in [0.05, 0.1) is 11.9 Å². The SMILES string of the molecule is CS(=O)(=O)N(CCCC(=O)Nc1ccc(C(=O)N2CCCCC2)cc1)c1ccccc1F. The van der Waals surface area contributed by atoms with Crippen LogP contribution in [0.4, 0.5) is 15.8 Å². The first-order valence-corrected chi connectivity index (χ1v) is 12.5. The quantitative estimate of drug-likeness (QED) is 0.650. The molecule has 0 atom stereocenters. The summed E-state index contributed by atoms with van der Waals surface area (Å²) in [4.78, 5) is 26.7. The summed E-state index contributed by atoms with van der Waals surface area (Å²) < 4.78 is 39.2. The second-order valence-corrected chi connectivity index (χ2v) is 9.78. The number of rotatable bonds is 8. The van der Waals surface area contributed by atoms with Gasteiger partial charge >= 0.3 is 0 Å². The summed E-state index contributed by atoms with van der Waals surface area (Å²) in [7, 11) is -3.69. The molecule has 1 aliphatic rings. The minimum atomic E-state index is -3.69. The maximum atomic E-state index is 14.0. The molecule has 0 aromatic heterocycles. The van der Waals surface area contributed by atoms with Crippen molar-refractivity contribution in [3.63, 3.8) is 0 Å². The van der Waals surface area contributed by atoms with Crippen LogP contribution in [0.5, 0.6) is 0 Å². The molecule has 9 heteroatoms. The molecule has 3 rings (SSSR count). The van der Waals surface area contributed by atoms with Crippen LogP contribution < -0.4 is 9.62 Å². The number of amides is 2. The summed E-state index contributed by atoms with van der Waals surface area (Å²) in [5.41, 5.74) is 1.10. The van der Waals surface area contributed by atoms with Crippen LogP contribution in [0.1, 0.15) is 42.5 Å². The standard InChI is InChI=1S/C23H28FN3O4S/c1-32(30,31)27(21-9-4-3-8-20(21)24)17-7-10-22(28)25-19-13-11-18(12-14-19)23(29)26-15-5-2-6-16-26/h3-4,8-9,11-14H,2,5-7,10,15-17H2,1H3,(H,25,28). The van der Waals surface area contributed by atoms with Gasteiger partial charge in [-0.3, -0.25) is 13.9 Å². The van der Waals surface area contributed by atoms with Gasteiger partial charge in [0.2, 0.25) is 15.9 Å². The highest BCUT2D eigenvalue weighted by Crippen LogP contribution is 2.22. The third-order valence-corrected chi connectivity index (χ3v) is 6.53. The predicted octanol–water partition coefficient (Wildman–Crippen LogP) is 3.64. The number of nitrogens with zero attached hydrogens (tertiary/aromatic N) is 2. The van der Waals surface area contributed by atoms with Crippen molar-refractivity contribution in [3.05, 3.63) is 59.9 Å². The van der Waals surface area contributed by atoms with Gasteiger partial charge in [-0.05, 0) is 62.1 Å². The molecule has 32 heavy (non-hydrogen) atoms. The molecule has 0 spiro atoms. The Kier molecular flexibility index (Phi) is 7.84. The van der Waals surface area contributed by atoms with E-state index in [4.69, 9.17) is 0 Å². The molecule has 172 valence electrons. The third kappa shape index (κ3) is 6.29. The zero-order chi connectivity index (χ0) is 23.1. The molecule has 1 aliphatic heterocycles. The van der Waals surface area contributed by atoms with Gasteiger partial charge in [0.25, 0.3) is 5.91 Å². The van der Waals surface area contributed by atoms with Gasteiger partial charge in [0.1, 0.15) is 5.82 Å². The molecule has 1 fully saturated rings. The molecule has 2 aromatic carbocycles. The number of nitrogens with one attached hydrogen (secondary N) is 1. The van der Waals surface area contributed by atoms with Gasteiger partial charge < -0.3 is 10.2 Å². The van der Waals surface area contributed by atoms with Crippen molar-refractivity contribution in [2.75, 3.05) is 35.5 Å². The molecule has 1 heterocycles. The highest BCUT2D eigenvalue weighted by atomic mass is 32.2. The van der Waals surface area contributed by atoms with Crippen LogP contribution >= 0.6 is 0 Å². The molecule has 1 saturated heterocycles. The number of carbonyl (C=O) groups is 2. The molecule has 0 aliphatic carbocycles. The molecular weight excluding hydrogens is 433 g/mol. The predicted molar refractivity (Wildman–Crippen MR) is 123 cm³/mol. The minimum absolute atomic E-state index is 0.00316. The number of carbonyl (C=O) groups excluding carboxylic acids is 2. The zero-order valence-electron chi connectivity index (χ0n) is 18.1. The number of piperidine rings is 1. The number of sulfonamides is 1. The fourth-order valence-electron chi connectivity index (χ4n) is 3.70. The maximum Gasteiger partial charge on any atom is 0.253 e. The summed E-state index contributed by atoms with van der Waals surface area (Å²) in [6, 6.07) is 12.4. The lowest BCUT2D eigenvalue weighted by molar-refractivity contribution is -0.116. The number of anilines is 2. The van der Waals surface area contributed by atoms with Crippen molar-refractivity contribution in [3.8, 4) is 0 Å². The summed E-state index contributed by atoms with van der Waals surface area (Å²) in [6.07, 6.45) is 4.48. The summed E-state index contributed by atoms with van der Waals surface area (Å²) in [6.45, 7) is 1.53. The van der Waals surface area contributed by atoms with E-state index >= 15 is 0 Å².